The lowest BCUT2D eigenvalue weighted by Gasteiger charge is -2.30. The maximum atomic E-state index is 15.0. The van der Waals surface area contributed by atoms with Crippen molar-refractivity contribution >= 4 is 25.1 Å². The first-order valence-corrected chi connectivity index (χ1v) is 13.7. The topological polar surface area (TPSA) is 84.9 Å². The first-order chi connectivity index (χ1) is 15.7. The second-order valence-electron chi connectivity index (χ2n) is 9.36. The van der Waals surface area contributed by atoms with Crippen LogP contribution in [0.1, 0.15) is 56.9 Å². The Bertz CT molecular complexity index is 918. The summed E-state index contributed by atoms with van der Waals surface area (Å²) in [6, 6.07) is 2.29. The molecule has 182 valence electrons. The van der Waals surface area contributed by atoms with E-state index in [4.69, 9.17) is 9.26 Å². The molecule has 0 radical (unpaired) electrons. The molecule has 1 saturated carbocycles. The van der Waals surface area contributed by atoms with Crippen molar-refractivity contribution in [2.45, 2.75) is 57.5 Å². The zero-order chi connectivity index (χ0) is 23.6. The molecule has 2 heterocycles. The summed E-state index contributed by atoms with van der Waals surface area (Å²) in [7, 11) is -2.75. The predicted octanol–water partition coefficient (Wildman–Crippen LogP) is 4.79. The summed E-state index contributed by atoms with van der Waals surface area (Å²) in [4.78, 5) is 24.4. The smallest absolute Gasteiger partial charge is 0.414 e. The Labute approximate surface area is 192 Å². The Morgan fingerprint density at radius 1 is 1.18 bits per heavy atom. The maximum absolute atomic E-state index is 15.0. The Balaban J connectivity index is 1.38. The van der Waals surface area contributed by atoms with E-state index in [1.54, 1.807) is 0 Å². The van der Waals surface area contributed by atoms with Crippen LogP contribution in [0.15, 0.2) is 12.1 Å². The summed E-state index contributed by atoms with van der Waals surface area (Å²) >= 11 is 0. The van der Waals surface area contributed by atoms with Crippen molar-refractivity contribution in [2.24, 2.45) is 5.92 Å². The lowest BCUT2D eigenvalue weighted by molar-refractivity contribution is -0.119. The van der Waals surface area contributed by atoms with Crippen molar-refractivity contribution in [3.8, 4) is 0 Å². The Morgan fingerprint density at radius 3 is 2.42 bits per heavy atom. The van der Waals surface area contributed by atoms with Crippen LogP contribution in [-0.4, -0.2) is 50.1 Å². The van der Waals surface area contributed by atoms with Crippen molar-refractivity contribution in [3.05, 3.63) is 29.3 Å². The molecule has 2 aliphatic heterocycles. The molecule has 10 heteroatoms. The Morgan fingerprint density at radius 2 is 1.82 bits per heavy atom. The molecule has 1 aromatic rings. The van der Waals surface area contributed by atoms with E-state index >= 15 is 0 Å². The molecule has 3 fully saturated rings. The van der Waals surface area contributed by atoms with Gasteiger partial charge in [-0.3, -0.25) is 14.3 Å². The summed E-state index contributed by atoms with van der Waals surface area (Å²) < 4.78 is 54.0. The first-order valence-electron chi connectivity index (χ1n) is 11.7. The van der Waals surface area contributed by atoms with Crippen molar-refractivity contribution in [3.63, 3.8) is 0 Å². The molecule has 1 N–H and O–H groups in total. The van der Waals surface area contributed by atoms with E-state index in [2.05, 4.69) is 5.32 Å². The average molecular weight is 484 g/mol. The fraction of sp³-hybridized carbons (Fsp3) is 0.652. The number of anilines is 1. The molecule has 33 heavy (non-hydrogen) atoms. The largest absolute Gasteiger partial charge is 0.442 e. The number of amides is 2. The number of nitrogens with zero attached hydrogens (tertiary/aromatic N) is 1. The maximum Gasteiger partial charge on any atom is 0.414 e. The monoisotopic (exact) mass is 484 g/mol. The van der Waals surface area contributed by atoms with Crippen LogP contribution in [0.3, 0.4) is 0 Å². The Kier molecular flexibility index (Phi) is 7.39. The zero-order valence-corrected chi connectivity index (χ0v) is 19.8. The van der Waals surface area contributed by atoms with E-state index in [-0.39, 0.29) is 36.2 Å². The minimum absolute atomic E-state index is 0.0249. The molecule has 0 spiro atoms. The first kappa shape index (κ1) is 24.1. The second kappa shape index (κ2) is 10.1. The molecular weight excluding hydrogens is 453 g/mol. The summed E-state index contributed by atoms with van der Waals surface area (Å²) in [5.74, 6) is -1.61. The van der Waals surface area contributed by atoms with Crippen LogP contribution < -0.4 is 10.2 Å². The predicted molar refractivity (Wildman–Crippen MR) is 120 cm³/mol. The van der Waals surface area contributed by atoms with Crippen molar-refractivity contribution < 1.29 is 32.2 Å². The van der Waals surface area contributed by atoms with E-state index in [9.17, 15) is 22.9 Å². The molecule has 2 saturated heterocycles. The highest BCUT2D eigenvalue weighted by Crippen LogP contribution is 2.55. The highest BCUT2D eigenvalue weighted by Gasteiger charge is 2.37. The number of hydrogen-bond acceptors (Lipinski definition) is 5. The molecule has 0 aromatic heterocycles. The molecule has 1 atom stereocenters. The summed E-state index contributed by atoms with van der Waals surface area (Å²) in [5.41, 5.74) is 0.0496. The van der Waals surface area contributed by atoms with Gasteiger partial charge in [-0.05, 0) is 49.7 Å². The number of carbonyl (C=O) groups excluding carboxylic acids is 2. The third-order valence-electron chi connectivity index (χ3n) is 6.89. The fourth-order valence-electron chi connectivity index (χ4n) is 5.01. The SMILES string of the molecule is CC(=O)NCC1CN(c2cc(F)c(C3CCP(=O)(OCC4CCCC4)CC3)c(F)c2)C(=O)O1. The van der Waals surface area contributed by atoms with Gasteiger partial charge in [0.1, 0.15) is 17.7 Å². The molecule has 4 rings (SSSR count). The van der Waals surface area contributed by atoms with Gasteiger partial charge in [0.2, 0.25) is 13.3 Å². The van der Waals surface area contributed by atoms with E-state index in [1.807, 2.05) is 0 Å². The fourth-order valence-corrected chi connectivity index (χ4v) is 7.38. The quantitative estimate of drug-likeness (QED) is 0.563. The lowest BCUT2D eigenvalue weighted by atomic mass is 9.92. The van der Waals surface area contributed by atoms with E-state index in [1.165, 1.54) is 19.8 Å². The standard InChI is InChI=1S/C23H31F2N2O5P/c1-15(28)26-12-19-13-27(23(29)32-19)18-10-20(24)22(21(25)11-18)17-6-8-33(30,9-7-17)31-14-16-4-2-3-5-16/h10-11,16-17,19H,2-9,12-14H2,1H3,(H,26,28). The molecule has 7 nitrogen and oxygen atoms in total. The molecule has 3 aliphatic rings. The second-order valence-corrected chi connectivity index (χ2v) is 12.1. The Hall–Kier alpha value is -1.99. The third-order valence-corrected chi connectivity index (χ3v) is 9.39. The molecule has 1 aliphatic carbocycles. The van der Waals surface area contributed by atoms with Crippen LogP contribution in [0.5, 0.6) is 0 Å². The number of carbonyl (C=O) groups is 2. The zero-order valence-electron chi connectivity index (χ0n) is 18.9. The van der Waals surface area contributed by atoms with Gasteiger partial charge in [0.05, 0.1) is 25.4 Å². The summed E-state index contributed by atoms with van der Waals surface area (Å²) in [6.45, 7) is 2.09. The molecule has 1 unspecified atom stereocenters. The number of cyclic esters (lactones) is 1. The molecule has 0 bridgehead atoms. The highest BCUT2D eigenvalue weighted by atomic mass is 31.2. The normalized spacial score (nSPS) is 28.2. The average Bonchev–Trinajstić information content (AvgIpc) is 3.41. The van der Waals surface area contributed by atoms with Crippen molar-refractivity contribution in [1.29, 1.82) is 0 Å². The lowest BCUT2D eigenvalue weighted by Crippen LogP contribution is -2.33. The van der Waals surface area contributed by atoms with Gasteiger partial charge in [-0.2, -0.15) is 0 Å². The van der Waals surface area contributed by atoms with E-state index in [0.717, 1.165) is 29.9 Å². The van der Waals surface area contributed by atoms with Gasteiger partial charge in [0.25, 0.3) is 0 Å². The molecule has 2 amide bonds. The van der Waals surface area contributed by atoms with Gasteiger partial charge >= 0.3 is 6.09 Å². The number of halogens is 2. The van der Waals surface area contributed by atoms with Gasteiger partial charge in [0, 0.05) is 24.8 Å². The number of nitrogens with one attached hydrogen (secondary N) is 1. The van der Waals surface area contributed by atoms with Crippen molar-refractivity contribution in [1.82, 2.24) is 5.32 Å². The number of benzene rings is 1. The van der Waals surface area contributed by atoms with Gasteiger partial charge < -0.3 is 14.6 Å². The van der Waals surface area contributed by atoms with Gasteiger partial charge in [-0.25, -0.2) is 13.6 Å². The number of ether oxygens (including phenoxy) is 1. The number of hydrogen-bond donors (Lipinski definition) is 1. The van der Waals surface area contributed by atoms with E-state index in [0.29, 0.717) is 37.7 Å². The van der Waals surface area contributed by atoms with Crippen LogP contribution in [0, 0.1) is 17.6 Å². The van der Waals surface area contributed by atoms with Crippen LogP contribution in [0.2, 0.25) is 0 Å². The van der Waals surface area contributed by atoms with Crippen LogP contribution in [0.4, 0.5) is 19.3 Å². The highest BCUT2D eigenvalue weighted by molar-refractivity contribution is 7.59. The van der Waals surface area contributed by atoms with Gasteiger partial charge in [-0.15, -0.1) is 0 Å². The molecular formula is C23H31F2N2O5P. The third kappa shape index (κ3) is 5.75. The van der Waals surface area contributed by atoms with Crippen LogP contribution >= 0.6 is 7.37 Å². The van der Waals surface area contributed by atoms with Crippen LogP contribution in [-0.2, 0) is 18.6 Å². The number of rotatable bonds is 7. The minimum atomic E-state index is -2.75. The van der Waals surface area contributed by atoms with Crippen molar-refractivity contribution in [2.75, 3.05) is 36.9 Å². The molecule has 1 aromatic carbocycles. The summed E-state index contributed by atoms with van der Waals surface area (Å²) in [5, 5.41) is 2.56. The van der Waals surface area contributed by atoms with Crippen LogP contribution in [0.25, 0.3) is 0 Å². The summed E-state index contributed by atoms with van der Waals surface area (Å²) in [6.07, 6.45) is 4.77. The van der Waals surface area contributed by atoms with Gasteiger partial charge in [-0.1, -0.05) is 12.8 Å². The van der Waals surface area contributed by atoms with Gasteiger partial charge in [0.15, 0.2) is 0 Å². The minimum Gasteiger partial charge on any atom is -0.442 e. The van der Waals surface area contributed by atoms with E-state index < -0.39 is 31.2 Å².